The average molecular weight is 341 g/mol. The zero-order chi connectivity index (χ0) is 17.6. The Balaban J connectivity index is 1.69. The van der Waals surface area contributed by atoms with Crippen molar-refractivity contribution in [3.63, 3.8) is 0 Å². The smallest absolute Gasteiger partial charge is 0.255 e. The Morgan fingerprint density at radius 1 is 1.36 bits per heavy atom. The number of amides is 1. The molecule has 1 aliphatic heterocycles. The van der Waals surface area contributed by atoms with Crippen LogP contribution in [0.4, 0.5) is 5.82 Å². The van der Waals surface area contributed by atoms with Crippen LogP contribution in [0.15, 0.2) is 36.8 Å². The summed E-state index contributed by atoms with van der Waals surface area (Å²) >= 11 is 0. The molecule has 0 N–H and O–H groups in total. The van der Waals surface area contributed by atoms with Gasteiger partial charge in [-0.3, -0.25) is 9.48 Å². The standard InChI is InChI=1S/C19H27N5O/c1-3-11-22(4-2)18-9-8-16(14-20-18)19(25)24-13-5-7-17(24)15-23-12-6-10-21-23/h6,8-10,12,14,17H,3-5,7,11,13,15H2,1-2H3/t17-/m1/s1. The van der Waals surface area contributed by atoms with Crippen LogP contribution < -0.4 is 4.90 Å². The molecule has 0 radical (unpaired) electrons. The lowest BCUT2D eigenvalue weighted by Gasteiger charge is -2.25. The van der Waals surface area contributed by atoms with Gasteiger partial charge in [-0.2, -0.15) is 5.10 Å². The van der Waals surface area contributed by atoms with E-state index in [-0.39, 0.29) is 11.9 Å². The lowest BCUT2D eigenvalue weighted by Crippen LogP contribution is -2.38. The minimum absolute atomic E-state index is 0.0762. The molecule has 1 atom stereocenters. The van der Waals surface area contributed by atoms with Gasteiger partial charge in [0.05, 0.1) is 18.2 Å². The van der Waals surface area contributed by atoms with Crippen LogP contribution in [0.25, 0.3) is 0 Å². The summed E-state index contributed by atoms with van der Waals surface area (Å²) in [5, 5.41) is 4.26. The van der Waals surface area contributed by atoms with Crippen LogP contribution in [0.2, 0.25) is 0 Å². The second kappa shape index (κ2) is 8.14. The van der Waals surface area contributed by atoms with E-state index in [1.807, 2.05) is 34.0 Å². The van der Waals surface area contributed by atoms with Crippen LogP contribution in [0.1, 0.15) is 43.5 Å². The van der Waals surface area contributed by atoms with Gasteiger partial charge in [0.1, 0.15) is 5.82 Å². The number of rotatable bonds is 7. The summed E-state index contributed by atoms with van der Waals surface area (Å²) in [6.07, 6.45) is 8.60. The molecule has 0 unspecified atom stereocenters. The van der Waals surface area contributed by atoms with Crippen LogP contribution >= 0.6 is 0 Å². The largest absolute Gasteiger partial charge is 0.357 e. The fourth-order valence-electron chi connectivity index (χ4n) is 3.49. The van der Waals surface area contributed by atoms with Gasteiger partial charge in [0.25, 0.3) is 5.91 Å². The van der Waals surface area contributed by atoms with Crippen molar-refractivity contribution in [2.75, 3.05) is 24.5 Å². The normalized spacial score (nSPS) is 17.0. The summed E-state index contributed by atoms with van der Waals surface area (Å²) in [6.45, 7) is 7.75. The van der Waals surface area contributed by atoms with Crippen LogP contribution in [0, 0.1) is 0 Å². The van der Waals surface area contributed by atoms with Gasteiger partial charge in [-0.05, 0) is 44.4 Å². The molecule has 3 heterocycles. The highest BCUT2D eigenvalue weighted by molar-refractivity contribution is 5.94. The van der Waals surface area contributed by atoms with Gasteiger partial charge in [-0.15, -0.1) is 0 Å². The van der Waals surface area contributed by atoms with Crippen molar-refractivity contribution in [1.82, 2.24) is 19.7 Å². The number of pyridine rings is 1. The molecule has 1 aliphatic rings. The Kier molecular flexibility index (Phi) is 5.68. The number of carbonyl (C=O) groups excluding carboxylic acids is 1. The fourth-order valence-corrected chi connectivity index (χ4v) is 3.49. The molecule has 0 bridgehead atoms. The lowest BCUT2D eigenvalue weighted by molar-refractivity contribution is 0.0721. The average Bonchev–Trinajstić information content (AvgIpc) is 3.32. The van der Waals surface area contributed by atoms with E-state index in [1.165, 1.54) is 0 Å². The van der Waals surface area contributed by atoms with Gasteiger partial charge >= 0.3 is 0 Å². The number of likely N-dealkylation sites (tertiary alicyclic amines) is 1. The lowest BCUT2D eigenvalue weighted by atomic mass is 10.2. The highest BCUT2D eigenvalue weighted by atomic mass is 16.2. The van der Waals surface area contributed by atoms with E-state index in [2.05, 4.69) is 28.8 Å². The molecule has 0 spiro atoms. The zero-order valence-corrected chi connectivity index (χ0v) is 15.1. The minimum Gasteiger partial charge on any atom is -0.357 e. The van der Waals surface area contributed by atoms with Crippen LogP contribution in [0.5, 0.6) is 0 Å². The number of carbonyl (C=O) groups is 1. The van der Waals surface area contributed by atoms with E-state index in [0.717, 1.165) is 51.3 Å². The Morgan fingerprint density at radius 2 is 2.24 bits per heavy atom. The molecule has 1 fully saturated rings. The molecule has 2 aromatic rings. The monoisotopic (exact) mass is 341 g/mol. The SMILES string of the molecule is CCCN(CC)c1ccc(C(=O)N2CCC[C@@H]2Cn2cccn2)cn1. The van der Waals surface area contributed by atoms with Crippen molar-refractivity contribution >= 4 is 11.7 Å². The molecule has 2 aromatic heterocycles. The fraction of sp³-hybridized carbons (Fsp3) is 0.526. The number of hydrogen-bond acceptors (Lipinski definition) is 4. The summed E-state index contributed by atoms with van der Waals surface area (Å²) in [5.74, 6) is 1.02. The molecule has 134 valence electrons. The number of hydrogen-bond donors (Lipinski definition) is 0. The van der Waals surface area contributed by atoms with Gasteiger partial charge < -0.3 is 9.80 Å². The highest BCUT2D eigenvalue weighted by Crippen LogP contribution is 2.22. The second-order valence-corrected chi connectivity index (χ2v) is 6.51. The maximum atomic E-state index is 12.9. The molecule has 0 saturated carbocycles. The number of nitrogens with zero attached hydrogens (tertiary/aromatic N) is 5. The second-order valence-electron chi connectivity index (χ2n) is 6.51. The van der Waals surface area contributed by atoms with Gasteiger partial charge in [-0.1, -0.05) is 6.92 Å². The Bertz CT molecular complexity index is 668. The molecule has 6 heteroatoms. The molecule has 1 saturated heterocycles. The Labute approximate surface area is 149 Å². The summed E-state index contributed by atoms with van der Waals surface area (Å²) in [7, 11) is 0. The number of anilines is 1. The van der Waals surface area contributed by atoms with Gasteiger partial charge in [0.15, 0.2) is 0 Å². The van der Waals surface area contributed by atoms with Crippen LogP contribution in [-0.2, 0) is 6.54 Å². The van der Waals surface area contributed by atoms with E-state index in [4.69, 9.17) is 0 Å². The molecular formula is C19H27N5O. The molecule has 25 heavy (non-hydrogen) atoms. The van der Waals surface area contributed by atoms with E-state index in [1.54, 1.807) is 12.4 Å². The van der Waals surface area contributed by atoms with Crippen molar-refractivity contribution in [3.05, 3.63) is 42.4 Å². The quantitative estimate of drug-likeness (QED) is 0.777. The maximum Gasteiger partial charge on any atom is 0.255 e. The highest BCUT2D eigenvalue weighted by Gasteiger charge is 2.30. The van der Waals surface area contributed by atoms with E-state index in [9.17, 15) is 4.79 Å². The first-order valence-corrected chi connectivity index (χ1v) is 9.22. The Morgan fingerprint density at radius 3 is 2.88 bits per heavy atom. The summed E-state index contributed by atoms with van der Waals surface area (Å²) < 4.78 is 1.90. The topological polar surface area (TPSA) is 54.3 Å². The molecule has 6 nitrogen and oxygen atoms in total. The molecular weight excluding hydrogens is 314 g/mol. The predicted molar refractivity (Wildman–Crippen MR) is 98.7 cm³/mol. The van der Waals surface area contributed by atoms with E-state index >= 15 is 0 Å². The van der Waals surface area contributed by atoms with Crippen molar-refractivity contribution in [2.45, 2.75) is 45.7 Å². The molecule has 0 aliphatic carbocycles. The van der Waals surface area contributed by atoms with Crippen molar-refractivity contribution in [2.24, 2.45) is 0 Å². The third-order valence-electron chi connectivity index (χ3n) is 4.79. The van der Waals surface area contributed by atoms with Crippen molar-refractivity contribution in [3.8, 4) is 0 Å². The first-order valence-electron chi connectivity index (χ1n) is 9.22. The Hall–Kier alpha value is -2.37. The van der Waals surface area contributed by atoms with E-state index in [0.29, 0.717) is 5.56 Å². The summed E-state index contributed by atoms with van der Waals surface area (Å²) in [6, 6.07) is 6.00. The minimum atomic E-state index is 0.0762. The maximum absolute atomic E-state index is 12.9. The third-order valence-corrected chi connectivity index (χ3v) is 4.79. The third kappa shape index (κ3) is 4.00. The van der Waals surface area contributed by atoms with Crippen molar-refractivity contribution < 1.29 is 4.79 Å². The molecule has 0 aromatic carbocycles. The molecule has 3 rings (SSSR count). The van der Waals surface area contributed by atoms with Crippen molar-refractivity contribution in [1.29, 1.82) is 0 Å². The van der Waals surface area contributed by atoms with Crippen LogP contribution in [0.3, 0.4) is 0 Å². The number of aromatic nitrogens is 3. The first kappa shape index (κ1) is 17.5. The van der Waals surface area contributed by atoms with Gasteiger partial charge in [-0.25, -0.2) is 4.98 Å². The summed E-state index contributed by atoms with van der Waals surface area (Å²) in [4.78, 5) is 21.6. The zero-order valence-electron chi connectivity index (χ0n) is 15.1. The van der Waals surface area contributed by atoms with Gasteiger partial charge in [0, 0.05) is 38.2 Å². The predicted octanol–water partition coefficient (Wildman–Crippen LogP) is 2.82. The van der Waals surface area contributed by atoms with Crippen LogP contribution in [-0.4, -0.2) is 51.2 Å². The summed E-state index contributed by atoms with van der Waals surface area (Å²) in [5.41, 5.74) is 0.670. The van der Waals surface area contributed by atoms with Gasteiger partial charge in [0.2, 0.25) is 0 Å². The van der Waals surface area contributed by atoms with E-state index < -0.39 is 0 Å². The molecule has 1 amide bonds. The first-order chi connectivity index (χ1) is 12.2.